The molecule has 0 unspecified atom stereocenters. The fourth-order valence-electron chi connectivity index (χ4n) is 2.94. The van der Waals surface area contributed by atoms with Crippen molar-refractivity contribution in [2.45, 2.75) is 20.4 Å². The second kappa shape index (κ2) is 7.25. The Bertz CT molecular complexity index is 960. The number of aromatic nitrogens is 3. The number of imidazole rings is 1. The molecule has 6 heteroatoms. The predicted octanol–water partition coefficient (Wildman–Crippen LogP) is 3.62. The van der Waals surface area contributed by atoms with Gasteiger partial charge in [-0.1, -0.05) is 23.7 Å². The van der Waals surface area contributed by atoms with E-state index in [-0.39, 0.29) is 5.56 Å². The van der Waals surface area contributed by atoms with E-state index in [2.05, 4.69) is 4.98 Å². The van der Waals surface area contributed by atoms with Crippen LogP contribution in [0.5, 0.6) is 0 Å². The predicted molar refractivity (Wildman–Crippen MR) is 99.6 cm³/mol. The van der Waals surface area contributed by atoms with Gasteiger partial charge in [0.2, 0.25) is 0 Å². The monoisotopic (exact) mass is 357 g/mol. The number of aryl methyl sites for hydroxylation is 1. The minimum Gasteiger partial charge on any atom is -0.383 e. The van der Waals surface area contributed by atoms with Crippen molar-refractivity contribution in [1.82, 2.24) is 14.1 Å². The molecule has 5 nitrogen and oxygen atoms in total. The van der Waals surface area contributed by atoms with Gasteiger partial charge in [0.25, 0.3) is 5.56 Å². The molecule has 0 aliphatic rings. The first-order valence-electron chi connectivity index (χ1n) is 8.03. The Morgan fingerprint density at radius 3 is 2.68 bits per heavy atom. The van der Waals surface area contributed by atoms with E-state index in [0.29, 0.717) is 18.2 Å². The van der Waals surface area contributed by atoms with E-state index in [1.54, 1.807) is 23.9 Å². The molecule has 1 aromatic carbocycles. The van der Waals surface area contributed by atoms with E-state index in [1.807, 2.05) is 48.7 Å². The maximum Gasteiger partial charge on any atom is 0.252 e. The zero-order valence-electron chi connectivity index (χ0n) is 14.5. The van der Waals surface area contributed by atoms with Crippen LogP contribution >= 0.6 is 11.6 Å². The lowest BCUT2D eigenvalue weighted by molar-refractivity contribution is 0.186. The lowest BCUT2D eigenvalue weighted by Gasteiger charge is -2.10. The standard InChI is InChI=1S/C19H20ClN3O2/c1-13-19(15-5-4-6-16(20)11-15)21-14(2)23(13)17-7-8-22(9-10-25-3)18(24)12-17/h4-8,11-12H,9-10H2,1-3H3. The summed E-state index contributed by atoms with van der Waals surface area (Å²) in [5.41, 5.74) is 3.53. The molecule has 0 saturated carbocycles. The van der Waals surface area contributed by atoms with Crippen molar-refractivity contribution in [3.8, 4) is 16.9 Å². The van der Waals surface area contributed by atoms with Crippen molar-refractivity contribution < 1.29 is 4.74 Å². The average molecular weight is 358 g/mol. The number of benzene rings is 1. The van der Waals surface area contributed by atoms with E-state index >= 15 is 0 Å². The van der Waals surface area contributed by atoms with Crippen molar-refractivity contribution in [1.29, 1.82) is 0 Å². The third-order valence-corrected chi connectivity index (χ3v) is 4.38. The first-order chi connectivity index (χ1) is 12.0. The van der Waals surface area contributed by atoms with Gasteiger partial charge < -0.3 is 13.9 Å². The van der Waals surface area contributed by atoms with E-state index in [4.69, 9.17) is 16.3 Å². The van der Waals surface area contributed by atoms with Crippen LogP contribution in [0.3, 0.4) is 0 Å². The van der Waals surface area contributed by atoms with E-state index < -0.39 is 0 Å². The lowest BCUT2D eigenvalue weighted by atomic mass is 10.1. The summed E-state index contributed by atoms with van der Waals surface area (Å²) in [5, 5.41) is 0.671. The average Bonchev–Trinajstić information content (AvgIpc) is 2.88. The van der Waals surface area contributed by atoms with Gasteiger partial charge in [0.1, 0.15) is 5.82 Å². The van der Waals surface area contributed by atoms with Crippen LogP contribution in [0.4, 0.5) is 0 Å². The normalized spacial score (nSPS) is 11.0. The van der Waals surface area contributed by atoms with Gasteiger partial charge in [0.05, 0.1) is 18.0 Å². The Hall–Kier alpha value is -2.37. The Kier molecular flexibility index (Phi) is 5.06. The molecule has 0 saturated heterocycles. The van der Waals surface area contributed by atoms with Crippen molar-refractivity contribution in [3.63, 3.8) is 0 Å². The van der Waals surface area contributed by atoms with Crippen molar-refractivity contribution in [2.24, 2.45) is 0 Å². The molecule has 0 N–H and O–H groups in total. The van der Waals surface area contributed by atoms with Crippen LogP contribution in [0.25, 0.3) is 16.9 Å². The van der Waals surface area contributed by atoms with Crippen LogP contribution in [0.1, 0.15) is 11.5 Å². The minimum atomic E-state index is -0.0636. The number of nitrogens with zero attached hydrogens (tertiary/aromatic N) is 3. The molecule has 3 aromatic rings. The van der Waals surface area contributed by atoms with E-state index in [0.717, 1.165) is 28.5 Å². The molecular formula is C19H20ClN3O2. The van der Waals surface area contributed by atoms with Crippen LogP contribution in [0, 0.1) is 13.8 Å². The smallest absolute Gasteiger partial charge is 0.252 e. The summed E-state index contributed by atoms with van der Waals surface area (Å²) in [5.74, 6) is 0.821. The third kappa shape index (κ3) is 3.52. The number of hydrogen-bond acceptors (Lipinski definition) is 3. The molecule has 2 heterocycles. The summed E-state index contributed by atoms with van der Waals surface area (Å²) in [7, 11) is 1.62. The van der Waals surface area contributed by atoms with Crippen LogP contribution in [-0.2, 0) is 11.3 Å². The van der Waals surface area contributed by atoms with Crippen molar-refractivity contribution >= 4 is 11.6 Å². The molecule has 2 aromatic heterocycles. The molecule has 0 amide bonds. The SMILES string of the molecule is COCCn1ccc(-n2c(C)nc(-c3cccc(Cl)c3)c2C)cc1=O. The zero-order chi connectivity index (χ0) is 18.0. The lowest BCUT2D eigenvalue weighted by Crippen LogP contribution is -2.21. The van der Waals surface area contributed by atoms with Gasteiger partial charge >= 0.3 is 0 Å². The van der Waals surface area contributed by atoms with Crippen LogP contribution < -0.4 is 5.56 Å². The molecule has 25 heavy (non-hydrogen) atoms. The molecule has 0 aliphatic heterocycles. The molecule has 0 bridgehead atoms. The van der Waals surface area contributed by atoms with Crippen LogP contribution in [-0.4, -0.2) is 27.8 Å². The molecule has 0 spiro atoms. The molecule has 0 radical (unpaired) electrons. The number of methoxy groups -OCH3 is 1. The van der Waals surface area contributed by atoms with Gasteiger partial charge in [-0.25, -0.2) is 4.98 Å². The fraction of sp³-hybridized carbons (Fsp3) is 0.263. The molecule has 0 aliphatic carbocycles. The molecular weight excluding hydrogens is 338 g/mol. The summed E-state index contributed by atoms with van der Waals surface area (Å²) in [6.07, 6.45) is 1.79. The Labute approximate surface area is 151 Å². The molecule has 3 rings (SSSR count). The van der Waals surface area contributed by atoms with Gasteiger partial charge in [-0.2, -0.15) is 0 Å². The molecule has 130 valence electrons. The molecule has 0 atom stereocenters. The molecule has 0 fully saturated rings. The zero-order valence-corrected chi connectivity index (χ0v) is 15.2. The van der Waals surface area contributed by atoms with Gasteiger partial charge in [0.15, 0.2) is 0 Å². The van der Waals surface area contributed by atoms with Gasteiger partial charge in [0, 0.05) is 42.2 Å². The number of hydrogen-bond donors (Lipinski definition) is 0. The minimum absolute atomic E-state index is 0.0636. The van der Waals surface area contributed by atoms with Gasteiger partial charge in [-0.3, -0.25) is 4.79 Å². The Balaban J connectivity index is 2.04. The van der Waals surface area contributed by atoms with Gasteiger partial charge in [-0.15, -0.1) is 0 Å². The topological polar surface area (TPSA) is 49.0 Å². The highest BCUT2D eigenvalue weighted by Crippen LogP contribution is 2.27. The highest BCUT2D eigenvalue weighted by atomic mass is 35.5. The largest absolute Gasteiger partial charge is 0.383 e. The summed E-state index contributed by atoms with van der Waals surface area (Å²) >= 11 is 6.10. The fourth-order valence-corrected chi connectivity index (χ4v) is 3.13. The van der Waals surface area contributed by atoms with Crippen LogP contribution in [0.15, 0.2) is 47.4 Å². The summed E-state index contributed by atoms with van der Waals surface area (Å²) < 4.78 is 8.65. The van der Waals surface area contributed by atoms with Crippen molar-refractivity contribution in [2.75, 3.05) is 13.7 Å². The summed E-state index contributed by atoms with van der Waals surface area (Å²) in [6, 6.07) is 11.2. The third-order valence-electron chi connectivity index (χ3n) is 4.15. The Morgan fingerprint density at radius 2 is 2.00 bits per heavy atom. The quantitative estimate of drug-likeness (QED) is 0.700. The number of rotatable bonds is 5. The number of pyridine rings is 1. The maximum absolute atomic E-state index is 12.3. The maximum atomic E-state index is 12.3. The summed E-state index contributed by atoms with van der Waals surface area (Å²) in [4.78, 5) is 17.0. The number of ether oxygens (including phenoxy) is 1. The highest BCUT2D eigenvalue weighted by molar-refractivity contribution is 6.30. The van der Waals surface area contributed by atoms with Crippen LogP contribution in [0.2, 0.25) is 5.02 Å². The van der Waals surface area contributed by atoms with E-state index in [1.165, 1.54) is 0 Å². The number of halogens is 1. The first kappa shape index (κ1) is 17.5. The second-order valence-corrected chi connectivity index (χ2v) is 6.28. The Morgan fingerprint density at radius 1 is 1.20 bits per heavy atom. The first-order valence-corrected chi connectivity index (χ1v) is 8.40. The summed E-state index contributed by atoms with van der Waals surface area (Å²) in [6.45, 7) is 4.96. The highest BCUT2D eigenvalue weighted by Gasteiger charge is 2.15. The van der Waals surface area contributed by atoms with E-state index in [9.17, 15) is 4.79 Å². The van der Waals surface area contributed by atoms with Gasteiger partial charge in [-0.05, 0) is 32.0 Å². The second-order valence-electron chi connectivity index (χ2n) is 5.85. The van der Waals surface area contributed by atoms with Crippen molar-refractivity contribution in [3.05, 3.63) is 69.5 Å².